The average molecular weight is 375 g/mol. The summed E-state index contributed by atoms with van der Waals surface area (Å²) in [6.07, 6.45) is 0. The Kier molecular flexibility index (Phi) is 6.99. The summed E-state index contributed by atoms with van der Waals surface area (Å²) >= 11 is 0. The molecule has 1 amide bonds. The van der Waals surface area contributed by atoms with Crippen molar-refractivity contribution in [2.24, 2.45) is 0 Å². The zero-order chi connectivity index (χ0) is 19.8. The van der Waals surface area contributed by atoms with Gasteiger partial charge in [-0.05, 0) is 44.2 Å². The first-order valence-electron chi connectivity index (χ1n) is 8.29. The molecule has 0 bridgehead atoms. The zero-order valence-electron chi connectivity index (χ0n) is 15.4. The van der Waals surface area contributed by atoms with Gasteiger partial charge < -0.3 is 23.9 Å². The van der Waals surface area contributed by atoms with Crippen molar-refractivity contribution in [3.8, 4) is 5.75 Å². The molecule has 0 atom stereocenters. The van der Waals surface area contributed by atoms with Crippen molar-refractivity contribution in [2.75, 3.05) is 20.3 Å². The summed E-state index contributed by atoms with van der Waals surface area (Å²) in [6.45, 7) is 3.56. The molecule has 0 radical (unpaired) electrons. The summed E-state index contributed by atoms with van der Waals surface area (Å²) in [6, 6.07) is 8.01. The van der Waals surface area contributed by atoms with Crippen LogP contribution in [-0.4, -0.2) is 38.1 Å². The van der Waals surface area contributed by atoms with Gasteiger partial charge in [0.25, 0.3) is 5.91 Å². The SMILES string of the molecule is CCOc1ccc(C(=O)NCC(=O)OCc2cc(C(=O)OC)c(C)o2)cc1. The van der Waals surface area contributed by atoms with Crippen LogP contribution in [0.2, 0.25) is 0 Å². The Morgan fingerprint density at radius 1 is 1.15 bits per heavy atom. The van der Waals surface area contributed by atoms with Crippen molar-refractivity contribution in [2.45, 2.75) is 20.5 Å². The highest BCUT2D eigenvalue weighted by Crippen LogP contribution is 2.16. The molecule has 0 unspecified atom stereocenters. The summed E-state index contributed by atoms with van der Waals surface area (Å²) in [4.78, 5) is 35.3. The van der Waals surface area contributed by atoms with Gasteiger partial charge in [0.2, 0.25) is 0 Å². The van der Waals surface area contributed by atoms with E-state index < -0.39 is 17.8 Å². The lowest BCUT2D eigenvalue weighted by atomic mass is 10.2. The first kappa shape index (κ1) is 20.0. The van der Waals surface area contributed by atoms with Gasteiger partial charge in [0.05, 0.1) is 13.7 Å². The smallest absolute Gasteiger partial charge is 0.341 e. The van der Waals surface area contributed by atoms with Gasteiger partial charge in [-0.15, -0.1) is 0 Å². The number of furan rings is 1. The van der Waals surface area contributed by atoms with Crippen LogP contribution in [-0.2, 0) is 20.9 Å². The Hall–Kier alpha value is -3.29. The molecule has 0 fully saturated rings. The number of nitrogens with one attached hydrogen (secondary N) is 1. The number of amides is 1. The number of aryl methyl sites for hydroxylation is 1. The third kappa shape index (κ3) is 5.60. The van der Waals surface area contributed by atoms with E-state index in [-0.39, 0.29) is 18.7 Å². The van der Waals surface area contributed by atoms with Gasteiger partial charge >= 0.3 is 11.9 Å². The number of hydrogen-bond donors (Lipinski definition) is 1. The second kappa shape index (κ2) is 9.42. The first-order chi connectivity index (χ1) is 12.9. The number of methoxy groups -OCH3 is 1. The van der Waals surface area contributed by atoms with Crippen molar-refractivity contribution in [1.82, 2.24) is 5.32 Å². The zero-order valence-corrected chi connectivity index (χ0v) is 15.4. The maximum Gasteiger partial charge on any atom is 0.341 e. The molecule has 0 aliphatic rings. The number of ether oxygens (including phenoxy) is 3. The number of esters is 2. The Balaban J connectivity index is 1.80. The Morgan fingerprint density at radius 2 is 1.85 bits per heavy atom. The van der Waals surface area contributed by atoms with Crippen LogP contribution < -0.4 is 10.1 Å². The molecule has 0 spiro atoms. The van der Waals surface area contributed by atoms with Crippen molar-refractivity contribution in [1.29, 1.82) is 0 Å². The molecule has 1 N–H and O–H groups in total. The number of hydrogen-bond acceptors (Lipinski definition) is 7. The minimum atomic E-state index is -0.636. The van der Waals surface area contributed by atoms with Crippen LogP contribution in [0, 0.1) is 6.92 Å². The maximum absolute atomic E-state index is 12.0. The summed E-state index contributed by atoms with van der Waals surface area (Å²) in [5.74, 6) is -0.236. The molecule has 1 aromatic carbocycles. The van der Waals surface area contributed by atoms with E-state index in [9.17, 15) is 14.4 Å². The van der Waals surface area contributed by atoms with Crippen LogP contribution in [0.5, 0.6) is 5.75 Å². The van der Waals surface area contributed by atoms with Crippen LogP contribution >= 0.6 is 0 Å². The molecule has 144 valence electrons. The molecular formula is C19H21NO7. The predicted molar refractivity (Wildman–Crippen MR) is 94.5 cm³/mol. The van der Waals surface area contributed by atoms with Gasteiger partial charge in [-0.1, -0.05) is 0 Å². The largest absolute Gasteiger partial charge is 0.494 e. The van der Waals surface area contributed by atoms with E-state index in [2.05, 4.69) is 10.1 Å². The summed E-state index contributed by atoms with van der Waals surface area (Å²) in [7, 11) is 1.27. The van der Waals surface area contributed by atoms with E-state index in [1.54, 1.807) is 31.2 Å². The molecule has 1 aromatic heterocycles. The number of carbonyl (C=O) groups excluding carboxylic acids is 3. The van der Waals surface area contributed by atoms with Gasteiger partial charge in [0.15, 0.2) is 0 Å². The highest BCUT2D eigenvalue weighted by atomic mass is 16.5. The lowest BCUT2D eigenvalue weighted by Gasteiger charge is -2.07. The lowest BCUT2D eigenvalue weighted by molar-refractivity contribution is -0.144. The molecule has 2 rings (SSSR count). The first-order valence-corrected chi connectivity index (χ1v) is 8.29. The molecule has 0 saturated heterocycles. The highest BCUT2D eigenvalue weighted by Gasteiger charge is 2.16. The minimum absolute atomic E-state index is 0.157. The number of carbonyl (C=O) groups is 3. The quantitative estimate of drug-likeness (QED) is 0.706. The minimum Gasteiger partial charge on any atom is -0.494 e. The summed E-state index contributed by atoms with van der Waals surface area (Å²) in [5.41, 5.74) is 0.669. The van der Waals surface area contributed by atoms with E-state index in [0.29, 0.717) is 29.4 Å². The molecule has 0 aliphatic heterocycles. The third-order valence-electron chi connectivity index (χ3n) is 3.57. The predicted octanol–water partition coefficient (Wildman–Crippen LogP) is 2.25. The fourth-order valence-corrected chi connectivity index (χ4v) is 2.25. The molecule has 27 heavy (non-hydrogen) atoms. The van der Waals surface area contributed by atoms with Gasteiger partial charge in [-0.25, -0.2) is 4.79 Å². The van der Waals surface area contributed by atoms with Crippen molar-refractivity contribution >= 4 is 17.8 Å². The molecule has 0 saturated carbocycles. The molecule has 1 heterocycles. The monoisotopic (exact) mass is 375 g/mol. The maximum atomic E-state index is 12.0. The number of benzene rings is 1. The van der Waals surface area contributed by atoms with E-state index in [0.717, 1.165) is 0 Å². The van der Waals surface area contributed by atoms with E-state index in [1.165, 1.54) is 13.2 Å². The topological polar surface area (TPSA) is 104 Å². The fraction of sp³-hybridized carbons (Fsp3) is 0.316. The van der Waals surface area contributed by atoms with Crippen LogP contribution in [0.1, 0.15) is 39.2 Å². The van der Waals surface area contributed by atoms with Crippen molar-refractivity contribution < 1.29 is 33.0 Å². The second-order valence-electron chi connectivity index (χ2n) is 5.47. The lowest BCUT2D eigenvalue weighted by Crippen LogP contribution is -2.30. The van der Waals surface area contributed by atoms with Crippen molar-refractivity contribution in [3.05, 3.63) is 53.0 Å². The molecule has 8 heteroatoms. The van der Waals surface area contributed by atoms with Crippen LogP contribution in [0.4, 0.5) is 0 Å². The molecular weight excluding hydrogens is 354 g/mol. The van der Waals surface area contributed by atoms with Crippen LogP contribution in [0.15, 0.2) is 34.7 Å². The summed E-state index contributed by atoms with van der Waals surface area (Å²) < 4.78 is 20.3. The summed E-state index contributed by atoms with van der Waals surface area (Å²) in [5, 5.41) is 2.47. The van der Waals surface area contributed by atoms with E-state index >= 15 is 0 Å². The van der Waals surface area contributed by atoms with Gasteiger partial charge in [0, 0.05) is 5.56 Å². The van der Waals surface area contributed by atoms with Crippen molar-refractivity contribution in [3.63, 3.8) is 0 Å². The average Bonchev–Trinajstić information content (AvgIpc) is 3.05. The molecule has 2 aromatic rings. The fourth-order valence-electron chi connectivity index (χ4n) is 2.25. The van der Waals surface area contributed by atoms with Crippen LogP contribution in [0.3, 0.4) is 0 Å². The second-order valence-corrected chi connectivity index (χ2v) is 5.47. The third-order valence-corrected chi connectivity index (χ3v) is 3.57. The van der Waals surface area contributed by atoms with Gasteiger partial charge in [-0.3, -0.25) is 9.59 Å². The Bertz CT molecular complexity index is 808. The van der Waals surface area contributed by atoms with E-state index in [4.69, 9.17) is 13.9 Å². The molecule has 8 nitrogen and oxygen atoms in total. The van der Waals surface area contributed by atoms with E-state index in [1.807, 2.05) is 6.92 Å². The van der Waals surface area contributed by atoms with Crippen LogP contribution in [0.25, 0.3) is 0 Å². The highest BCUT2D eigenvalue weighted by molar-refractivity contribution is 5.96. The normalized spacial score (nSPS) is 10.2. The van der Waals surface area contributed by atoms with Gasteiger partial charge in [0.1, 0.15) is 36.0 Å². The standard InChI is InChI=1S/C19H21NO7/c1-4-25-14-7-5-13(6-8-14)18(22)20-10-17(21)26-11-15-9-16(12(2)27-15)19(23)24-3/h5-9H,4,10-11H2,1-3H3,(H,20,22). The van der Waals surface area contributed by atoms with Gasteiger partial charge in [-0.2, -0.15) is 0 Å². The Labute approximate surface area is 156 Å². The Morgan fingerprint density at radius 3 is 2.48 bits per heavy atom. The molecule has 0 aliphatic carbocycles. The number of rotatable bonds is 8.